The lowest BCUT2D eigenvalue weighted by molar-refractivity contribution is -0.119. The molecule has 1 aliphatic heterocycles. The Kier molecular flexibility index (Phi) is 4.00. The number of piperidine rings is 1. The van der Waals surface area contributed by atoms with Gasteiger partial charge in [-0.2, -0.15) is 5.26 Å². The first kappa shape index (κ1) is 13.3. The smallest absolute Gasteiger partial charge is 0.217 e. The van der Waals surface area contributed by atoms with Gasteiger partial charge in [0.05, 0.1) is 17.3 Å². The van der Waals surface area contributed by atoms with Crippen LogP contribution in [0.15, 0.2) is 18.2 Å². The van der Waals surface area contributed by atoms with E-state index in [1.165, 1.54) is 6.07 Å². The molecule has 0 spiro atoms. The number of carbonyl (C=O) groups is 1. The van der Waals surface area contributed by atoms with Crippen LogP contribution in [0.1, 0.15) is 24.8 Å². The van der Waals surface area contributed by atoms with Crippen LogP contribution in [0.2, 0.25) is 0 Å². The van der Waals surface area contributed by atoms with Gasteiger partial charge >= 0.3 is 0 Å². The Balaban J connectivity index is 2.02. The lowest BCUT2D eigenvalue weighted by atomic mass is 9.93. The molecule has 0 aliphatic carbocycles. The van der Waals surface area contributed by atoms with E-state index in [0.29, 0.717) is 36.7 Å². The molecule has 2 rings (SSSR count). The van der Waals surface area contributed by atoms with Crippen LogP contribution >= 0.6 is 0 Å². The van der Waals surface area contributed by atoms with Gasteiger partial charge in [-0.1, -0.05) is 0 Å². The summed E-state index contributed by atoms with van der Waals surface area (Å²) in [5, 5.41) is 8.71. The molecule has 1 saturated heterocycles. The lowest BCUT2D eigenvalue weighted by Gasteiger charge is -2.33. The number of nitriles is 1. The summed E-state index contributed by atoms with van der Waals surface area (Å²) in [5.41, 5.74) is 6.03. The zero-order valence-corrected chi connectivity index (χ0v) is 10.6. The summed E-state index contributed by atoms with van der Waals surface area (Å²) in [7, 11) is 0. The standard InChI is InChI=1S/C14H16FN3O/c15-12-7-11(9-16)1-2-13(12)18-5-3-10(4-6-18)8-14(17)19/h1-2,7,10H,3-6,8H2,(H2,17,19). The van der Waals surface area contributed by atoms with E-state index >= 15 is 0 Å². The summed E-state index contributed by atoms with van der Waals surface area (Å²) in [5.74, 6) is -0.342. The number of rotatable bonds is 3. The van der Waals surface area contributed by atoms with Gasteiger partial charge in [-0.15, -0.1) is 0 Å². The van der Waals surface area contributed by atoms with Crippen LogP contribution in [0.5, 0.6) is 0 Å². The Bertz CT molecular complexity index is 516. The summed E-state index contributed by atoms with van der Waals surface area (Å²) >= 11 is 0. The number of carbonyl (C=O) groups excluding carboxylic acids is 1. The van der Waals surface area contributed by atoms with Crippen LogP contribution in [0.3, 0.4) is 0 Å². The summed E-state index contributed by atoms with van der Waals surface area (Å²) < 4.78 is 13.9. The molecule has 2 N–H and O–H groups in total. The van der Waals surface area contributed by atoms with Gasteiger partial charge in [0.2, 0.25) is 5.91 Å². The first-order valence-electron chi connectivity index (χ1n) is 6.33. The van der Waals surface area contributed by atoms with Crippen molar-refractivity contribution in [1.29, 1.82) is 5.26 Å². The highest BCUT2D eigenvalue weighted by Crippen LogP contribution is 2.27. The predicted octanol–water partition coefficient (Wildman–Crippen LogP) is 1.79. The maximum Gasteiger partial charge on any atom is 0.217 e. The molecule has 0 unspecified atom stereocenters. The van der Waals surface area contributed by atoms with E-state index in [2.05, 4.69) is 0 Å². The molecule has 0 bridgehead atoms. The number of hydrogen-bond acceptors (Lipinski definition) is 3. The van der Waals surface area contributed by atoms with Crippen LogP contribution in [0.25, 0.3) is 0 Å². The molecule has 0 aromatic heterocycles. The van der Waals surface area contributed by atoms with Crippen LogP contribution in [-0.4, -0.2) is 19.0 Å². The van der Waals surface area contributed by atoms with Crippen LogP contribution < -0.4 is 10.6 Å². The first-order valence-corrected chi connectivity index (χ1v) is 6.33. The number of nitrogens with zero attached hydrogens (tertiary/aromatic N) is 2. The minimum absolute atomic E-state index is 0.275. The number of nitrogens with two attached hydrogens (primary N) is 1. The van der Waals surface area contributed by atoms with E-state index in [1.807, 2.05) is 11.0 Å². The molecule has 1 aliphatic rings. The second kappa shape index (κ2) is 5.70. The van der Waals surface area contributed by atoms with Crippen molar-refractivity contribution in [3.63, 3.8) is 0 Å². The molecule has 0 radical (unpaired) electrons. The second-order valence-electron chi connectivity index (χ2n) is 4.88. The maximum absolute atomic E-state index is 13.9. The molecule has 1 heterocycles. The zero-order valence-electron chi connectivity index (χ0n) is 10.6. The van der Waals surface area contributed by atoms with Crippen molar-refractivity contribution in [2.45, 2.75) is 19.3 Å². The van der Waals surface area contributed by atoms with E-state index in [-0.39, 0.29) is 11.7 Å². The largest absolute Gasteiger partial charge is 0.370 e. The van der Waals surface area contributed by atoms with E-state index in [4.69, 9.17) is 11.0 Å². The molecule has 1 aromatic rings. The minimum Gasteiger partial charge on any atom is -0.370 e. The third kappa shape index (κ3) is 3.22. The summed E-state index contributed by atoms with van der Waals surface area (Å²) in [6.45, 7) is 1.42. The molecule has 5 heteroatoms. The molecular formula is C14H16FN3O. The monoisotopic (exact) mass is 261 g/mol. The van der Waals surface area contributed by atoms with Crippen molar-refractivity contribution in [3.05, 3.63) is 29.6 Å². The maximum atomic E-state index is 13.9. The number of amides is 1. The van der Waals surface area contributed by atoms with Gasteiger partial charge in [0, 0.05) is 19.5 Å². The fourth-order valence-electron chi connectivity index (χ4n) is 2.50. The van der Waals surface area contributed by atoms with Gasteiger partial charge < -0.3 is 10.6 Å². The highest BCUT2D eigenvalue weighted by atomic mass is 19.1. The second-order valence-corrected chi connectivity index (χ2v) is 4.88. The molecule has 1 aromatic carbocycles. The van der Waals surface area contributed by atoms with Crippen molar-refractivity contribution in [1.82, 2.24) is 0 Å². The molecule has 0 saturated carbocycles. The summed E-state index contributed by atoms with van der Waals surface area (Å²) in [6.07, 6.45) is 2.08. The SMILES string of the molecule is N#Cc1ccc(N2CCC(CC(N)=O)CC2)c(F)c1. The fraction of sp³-hybridized carbons (Fsp3) is 0.429. The van der Waals surface area contributed by atoms with Gasteiger partial charge in [0.15, 0.2) is 0 Å². The first-order chi connectivity index (χ1) is 9.10. The fourth-order valence-corrected chi connectivity index (χ4v) is 2.50. The Labute approximate surface area is 111 Å². The van der Waals surface area contributed by atoms with Gasteiger partial charge in [0.1, 0.15) is 5.82 Å². The number of hydrogen-bond donors (Lipinski definition) is 1. The number of halogens is 1. The Morgan fingerprint density at radius 2 is 2.16 bits per heavy atom. The number of primary amides is 1. The molecule has 1 fully saturated rings. The van der Waals surface area contributed by atoms with E-state index in [1.54, 1.807) is 12.1 Å². The molecular weight excluding hydrogens is 245 g/mol. The third-order valence-electron chi connectivity index (χ3n) is 3.52. The Hall–Kier alpha value is -2.09. The van der Waals surface area contributed by atoms with E-state index in [9.17, 15) is 9.18 Å². The predicted molar refractivity (Wildman–Crippen MR) is 69.9 cm³/mol. The van der Waals surface area contributed by atoms with Crippen molar-refractivity contribution in [2.75, 3.05) is 18.0 Å². The van der Waals surface area contributed by atoms with Crippen molar-refractivity contribution >= 4 is 11.6 Å². The van der Waals surface area contributed by atoms with Gasteiger partial charge in [-0.05, 0) is 37.0 Å². The molecule has 100 valence electrons. The number of anilines is 1. The Morgan fingerprint density at radius 3 is 2.68 bits per heavy atom. The normalized spacial score (nSPS) is 16.1. The summed E-state index contributed by atoms with van der Waals surface area (Å²) in [6, 6.07) is 6.43. The number of benzene rings is 1. The molecule has 0 atom stereocenters. The Morgan fingerprint density at radius 1 is 1.47 bits per heavy atom. The quantitative estimate of drug-likeness (QED) is 0.901. The van der Waals surface area contributed by atoms with Gasteiger partial charge in [0.25, 0.3) is 0 Å². The average Bonchev–Trinajstić information content (AvgIpc) is 2.39. The third-order valence-corrected chi connectivity index (χ3v) is 3.52. The van der Waals surface area contributed by atoms with Crippen molar-refractivity contribution in [2.24, 2.45) is 11.7 Å². The van der Waals surface area contributed by atoms with E-state index < -0.39 is 0 Å². The average molecular weight is 261 g/mol. The van der Waals surface area contributed by atoms with Crippen molar-refractivity contribution < 1.29 is 9.18 Å². The lowest BCUT2D eigenvalue weighted by Crippen LogP contribution is -2.35. The molecule has 1 amide bonds. The van der Waals surface area contributed by atoms with Gasteiger partial charge in [-0.3, -0.25) is 4.79 Å². The highest BCUT2D eigenvalue weighted by Gasteiger charge is 2.22. The van der Waals surface area contributed by atoms with E-state index in [0.717, 1.165) is 12.8 Å². The highest BCUT2D eigenvalue weighted by molar-refractivity contribution is 5.74. The topological polar surface area (TPSA) is 70.1 Å². The van der Waals surface area contributed by atoms with Crippen LogP contribution in [0, 0.1) is 23.1 Å². The molecule has 4 nitrogen and oxygen atoms in total. The van der Waals surface area contributed by atoms with Crippen LogP contribution in [-0.2, 0) is 4.79 Å². The van der Waals surface area contributed by atoms with Gasteiger partial charge in [-0.25, -0.2) is 4.39 Å². The minimum atomic E-state index is -0.368. The summed E-state index contributed by atoms with van der Waals surface area (Å²) in [4.78, 5) is 12.8. The zero-order chi connectivity index (χ0) is 13.8. The molecule has 19 heavy (non-hydrogen) atoms. The van der Waals surface area contributed by atoms with Crippen LogP contribution in [0.4, 0.5) is 10.1 Å². The van der Waals surface area contributed by atoms with Crippen molar-refractivity contribution in [3.8, 4) is 6.07 Å².